The van der Waals surface area contributed by atoms with Crippen LogP contribution in [0.3, 0.4) is 0 Å². The summed E-state index contributed by atoms with van der Waals surface area (Å²) in [5, 5.41) is 7.92. The third kappa shape index (κ3) is 5.98. The molecule has 1 unspecified atom stereocenters. The Morgan fingerprint density at radius 3 is 2.59 bits per heavy atom. The van der Waals surface area contributed by atoms with E-state index in [-0.39, 0.29) is 30.1 Å². The fraction of sp³-hybridized carbons (Fsp3) is 0.320. The van der Waals surface area contributed by atoms with Crippen molar-refractivity contribution in [3.05, 3.63) is 76.5 Å². The summed E-state index contributed by atoms with van der Waals surface area (Å²) in [7, 11) is 2.09. The Hall–Kier alpha value is -3.30. The molecule has 0 bridgehead atoms. The fourth-order valence-corrected chi connectivity index (χ4v) is 4.65. The van der Waals surface area contributed by atoms with Crippen LogP contribution in [0.15, 0.2) is 53.9 Å². The van der Waals surface area contributed by atoms with Gasteiger partial charge >= 0.3 is 0 Å². The van der Waals surface area contributed by atoms with E-state index in [1.54, 1.807) is 35.7 Å². The lowest BCUT2D eigenvalue weighted by Gasteiger charge is -2.36. The van der Waals surface area contributed by atoms with Gasteiger partial charge in [-0.2, -0.15) is 0 Å². The molecule has 2 amide bonds. The molecule has 2 N–H and O–H groups in total. The minimum Gasteiger partial charge on any atom is -0.369 e. The molecule has 0 saturated carbocycles. The number of carbonyl (C=O) groups excluding carboxylic acids is 2. The average Bonchev–Trinajstić information content (AvgIpc) is 3.26. The highest BCUT2D eigenvalue weighted by Crippen LogP contribution is 2.28. The lowest BCUT2D eigenvalue weighted by atomic mass is 10.0. The monoisotopic (exact) mass is 481 g/mol. The number of amides is 2. The Labute approximate surface area is 202 Å². The van der Waals surface area contributed by atoms with Crippen molar-refractivity contribution in [2.45, 2.75) is 19.4 Å². The number of hydrogen-bond donors (Lipinski definition) is 2. The summed E-state index contributed by atoms with van der Waals surface area (Å²) < 4.78 is 14.1. The smallest absolute Gasteiger partial charge is 0.257 e. The molecule has 0 radical (unpaired) electrons. The van der Waals surface area contributed by atoms with E-state index in [4.69, 9.17) is 0 Å². The van der Waals surface area contributed by atoms with Gasteiger partial charge in [0.1, 0.15) is 5.82 Å². The van der Waals surface area contributed by atoms with Crippen molar-refractivity contribution in [3.8, 4) is 0 Å². The third-order valence-electron chi connectivity index (χ3n) is 5.83. The lowest BCUT2D eigenvalue weighted by Crippen LogP contribution is -2.45. The van der Waals surface area contributed by atoms with Crippen molar-refractivity contribution in [1.82, 2.24) is 15.2 Å². The van der Waals surface area contributed by atoms with Crippen molar-refractivity contribution >= 4 is 34.0 Å². The number of piperazine rings is 1. The van der Waals surface area contributed by atoms with Crippen molar-refractivity contribution in [2.24, 2.45) is 0 Å². The minimum atomic E-state index is -0.367. The van der Waals surface area contributed by atoms with Crippen LogP contribution in [0.2, 0.25) is 0 Å². The minimum absolute atomic E-state index is 0.0706. The lowest BCUT2D eigenvalue weighted by molar-refractivity contribution is -0.121. The van der Waals surface area contributed by atoms with Crippen LogP contribution in [-0.2, 0) is 11.2 Å². The second kappa shape index (κ2) is 10.8. The van der Waals surface area contributed by atoms with Crippen LogP contribution in [0.4, 0.5) is 15.2 Å². The molecule has 2 aromatic carbocycles. The number of hydrogen-bond acceptors (Lipinski definition) is 6. The molecule has 178 valence electrons. The SMILES string of the molecule is CC(NC(=O)Cc1csc(NC(=O)c2ccccc2)n1)c1cc(F)ccc1N1CCN(C)CC1. The predicted molar refractivity (Wildman–Crippen MR) is 133 cm³/mol. The molecule has 0 aliphatic carbocycles. The van der Waals surface area contributed by atoms with E-state index >= 15 is 0 Å². The quantitative estimate of drug-likeness (QED) is 0.538. The van der Waals surface area contributed by atoms with Gasteiger partial charge in [0.15, 0.2) is 5.13 Å². The molecule has 34 heavy (non-hydrogen) atoms. The predicted octanol–water partition coefficient (Wildman–Crippen LogP) is 3.71. The highest BCUT2D eigenvalue weighted by atomic mass is 32.1. The highest BCUT2D eigenvalue weighted by molar-refractivity contribution is 7.14. The van der Waals surface area contributed by atoms with E-state index in [9.17, 15) is 14.0 Å². The summed E-state index contributed by atoms with van der Waals surface area (Å²) in [6, 6.07) is 13.3. The first-order valence-electron chi connectivity index (χ1n) is 11.2. The van der Waals surface area contributed by atoms with Crippen LogP contribution in [0, 0.1) is 5.82 Å². The molecular formula is C25H28FN5O2S. The molecular weight excluding hydrogens is 453 g/mol. The Morgan fingerprint density at radius 1 is 1.12 bits per heavy atom. The van der Waals surface area contributed by atoms with Crippen molar-refractivity contribution < 1.29 is 14.0 Å². The van der Waals surface area contributed by atoms with E-state index in [0.717, 1.165) is 37.4 Å². The molecule has 4 rings (SSSR count). The van der Waals surface area contributed by atoms with Gasteiger partial charge in [0.2, 0.25) is 5.91 Å². The van der Waals surface area contributed by atoms with Gasteiger partial charge in [-0.05, 0) is 44.3 Å². The van der Waals surface area contributed by atoms with Crippen LogP contribution in [0.1, 0.15) is 34.6 Å². The Morgan fingerprint density at radius 2 is 1.85 bits per heavy atom. The molecule has 3 aromatic rings. The average molecular weight is 482 g/mol. The number of thiazole rings is 1. The van der Waals surface area contributed by atoms with Gasteiger partial charge in [0.25, 0.3) is 5.91 Å². The van der Waals surface area contributed by atoms with Crippen molar-refractivity contribution in [3.63, 3.8) is 0 Å². The Bertz CT molecular complexity index is 1150. The fourth-order valence-electron chi connectivity index (χ4n) is 3.95. The standard InChI is InChI=1S/C25H28FN5O2S/c1-17(21-14-19(26)8-9-22(21)31-12-10-30(2)11-13-31)27-23(32)15-20-16-34-25(28-20)29-24(33)18-6-4-3-5-7-18/h3-9,14,16-17H,10-13,15H2,1-2H3,(H,27,32)(H,28,29,33). The molecule has 1 aliphatic heterocycles. The highest BCUT2D eigenvalue weighted by Gasteiger charge is 2.21. The summed E-state index contributed by atoms with van der Waals surface area (Å²) in [4.78, 5) is 33.9. The number of halogens is 1. The first-order valence-corrected chi connectivity index (χ1v) is 12.1. The second-order valence-corrected chi connectivity index (χ2v) is 9.28. The maximum absolute atomic E-state index is 14.1. The van der Waals surface area contributed by atoms with Gasteiger partial charge in [0.05, 0.1) is 18.2 Å². The number of benzene rings is 2. The molecule has 1 aromatic heterocycles. The summed E-state index contributed by atoms with van der Waals surface area (Å²) in [5.41, 5.74) is 2.81. The molecule has 9 heteroatoms. The van der Waals surface area contributed by atoms with Gasteiger partial charge in [-0.1, -0.05) is 18.2 Å². The second-order valence-electron chi connectivity index (χ2n) is 8.42. The molecule has 2 heterocycles. The van der Waals surface area contributed by atoms with Crippen molar-refractivity contribution in [1.29, 1.82) is 0 Å². The van der Waals surface area contributed by atoms with Gasteiger partial charge in [-0.25, -0.2) is 9.37 Å². The largest absolute Gasteiger partial charge is 0.369 e. The summed E-state index contributed by atoms with van der Waals surface area (Å²) in [5.74, 6) is -0.790. The van der Waals surface area contributed by atoms with E-state index < -0.39 is 0 Å². The van der Waals surface area contributed by atoms with Crippen LogP contribution >= 0.6 is 11.3 Å². The Balaban J connectivity index is 1.37. The third-order valence-corrected chi connectivity index (χ3v) is 6.63. The summed E-state index contributed by atoms with van der Waals surface area (Å²) >= 11 is 1.27. The van der Waals surface area contributed by atoms with Gasteiger partial charge in [-0.15, -0.1) is 11.3 Å². The van der Waals surface area contributed by atoms with Gasteiger partial charge in [0, 0.05) is 48.4 Å². The van der Waals surface area contributed by atoms with Crippen LogP contribution < -0.4 is 15.5 Å². The number of nitrogens with zero attached hydrogens (tertiary/aromatic N) is 3. The van der Waals surface area contributed by atoms with E-state index in [1.807, 2.05) is 13.0 Å². The van der Waals surface area contributed by atoms with Crippen LogP contribution in [0.5, 0.6) is 0 Å². The zero-order valence-electron chi connectivity index (χ0n) is 19.3. The first-order chi connectivity index (χ1) is 16.4. The number of carbonyl (C=O) groups is 2. The topological polar surface area (TPSA) is 77.6 Å². The van der Waals surface area contributed by atoms with Crippen molar-refractivity contribution in [2.75, 3.05) is 43.4 Å². The van der Waals surface area contributed by atoms with E-state index in [2.05, 4.69) is 32.5 Å². The molecule has 1 saturated heterocycles. The molecule has 1 aliphatic rings. The van der Waals surface area contributed by atoms with Crippen LogP contribution in [0.25, 0.3) is 0 Å². The molecule has 0 spiro atoms. The Kier molecular flexibility index (Phi) is 7.54. The number of nitrogens with one attached hydrogen (secondary N) is 2. The zero-order valence-corrected chi connectivity index (χ0v) is 20.1. The normalized spacial score (nSPS) is 15.1. The van der Waals surface area contributed by atoms with Gasteiger partial charge in [-0.3, -0.25) is 14.9 Å². The maximum atomic E-state index is 14.1. The first kappa shape index (κ1) is 23.8. The van der Waals surface area contributed by atoms with E-state index in [0.29, 0.717) is 16.4 Å². The summed E-state index contributed by atoms with van der Waals surface area (Å²) in [6.45, 7) is 5.44. The summed E-state index contributed by atoms with van der Waals surface area (Å²) in [6.07, 6.45) is 0.0706. The number of likely N-dealkylation sites (N-methyl/N-ethyl adjacent to an activating group) is 1. The molecule has 1 fully saturated rings. The number of aromatic nitrogens is 1. The van der Waals surface area contributed by atoms with Gasteiger partial charge < -0.3 is 15.1 Å². The number of anilines is 2. The van der Waals surface area contributed by atoms with E-state index in [1.165, 1.54) is 23.5 Å². The maximum Gasteiger partial charge on any atom is 0.257 e. The van der Waals surface area contributed by atoms with Crippen LogP contribution in [-0.4, -0.2) is 54.9 Å². The number of rotatable bonds is 7. The molecule has 1 atom stereocenters. The zero-order chi connectivity index (χ0) is 24.1. The molecule has 7 nitrogen and oxygen atoms in total.